The van der Waals surface area contributed by atoms with E-state index in [9.17, 15) is 9.90 Å². The van der Waals surface area contributed by atoms with Gasteiger partial charge in [-0.05, 0) is 48.9 Å². The van der Waals surface area contributed by atoms with Gasteiger partial charge >= 0.3 is 0 Å². The number of pyridine rings is 1. The van der Waals surface area contributed by atoms with Crippen LogP contribution in [0.2, 0.25) is 0 Å². The van der Waals surface area contributed by atoms with Crippen LogP contribution in [0.1, 0.15) is 36.3 Å². The number of Topliss-reactive ketones (excluding diaryl/α,β-unsaturated/α-hetero) is 1. The van der Waals surface area contributed by atoms with Crippen molar-refractivity contribution in [2.45, 2.75) is 26.7 Å². The quantitative estimate of drug-likeness (QED) is 0.670. The number of carbonyl (C=O) groups is 1. The fourth-order valence-corrected chi connectivity index (χ4v) is 2.08. The molecule has 19 heavy (non-hydrogen) atoms. The standard InChI is InChI=1S/C16H17NO2/c1-10(2)4-5-13-8-14-12(9-15(13)19)6-7-17-16(14)11(3)18/h6-9,19H,1,4-5H2,2-3H3. The van der Waals surface area contributed by atoms with Gasteiger partial charge in [-0.15, -0.1) is 6.58 Å². The Morgan fingerprint density at radius 3 is 2.74 bits per heavy atom. The number of hydrogen-bond acceptors (Lipinski definition) is 3. The second-order valence-electron chi connectivity index (χ2n) is 4.87. The predicted octanol–water partition coefficient (Wildman–Crippen LogP) is 3.65. The predicted molar refractivity (Wildman–Crippen MR) is 76.5 cm³/mol. The first-order chi connectivity index (χ1) is 8.99. The Labute approximate surface area is 112 Å². The molecule has 3 nitrogen and oxygen atoms in total. The third-order valence-corrected chi connectivity index (χ3v) is 3.12. The van der Waals surface area contributed by atoms with Crippen molar-refractivity contribution in [3.63, 3.8) is 0 Å². The summed E-state index contributed by atoms with van der Waals surface area (Å²) < 4.78 is 0. The van der Waals surface area contributed by atoms with Crippen LogP contribution in [0.25, 0.3) is 10.8 Å². The van der Waals surface area contributed by atoms with Crippen LogP contribution in [-0.2, 0) is 6.42 Å². The number of hydrogen-bond donors (Lipinski definition) is 1. The number of aromatic nitrogens is 1. The summed E-state index contributed by atoms with van der Waals surface area (Å²) in [5.41, 5.74) is 2.34. The molecule has 0 aliphatic carbocycles. The smallest absolute Gasteiger partial charge is 0.178 e. The lowest BCUT2D eigenvalue weighted by Gasteiger charge is -2.09. The largest absolute Gasteiger partial charge is 0.508 e. The first-order valence-corrected chi connectivity index (χ1v) is 6.25. The molecular formula is C16H17NO2. The summed E-state index contributed by atoms with van der Waals surface area (Å²) in [7, 11) is 0. The highest BCUT2D eigenvalue weighted by Gasteiger charge is 2.10. The van der Waals surface area contributed by atoms with Gasteiger partial charge in [-0.25, -0.2) is 0 Å². The highest BCUT2D eigenvalue weighted by atomic mass is 16.3. The topological polar surface area (TPSA) is 50.2 Å². The normalized spacial score (nSPS) is 10.6. The molecule has 0 bridgehead atoms. The zero-order valence-corrected chi connectivity index (χ0v) is 11.2. The molecule has 0 radical (unpaired) electrons. The number of phenols is 1. The van der Waals surface area contributed by atoms with Crippen molar-refractivity contribution in [3.8, 4) is 5.75 Å². The molecule has 0 saturated heterocycles. The van der Waals surface area contributed by atoms with Gasteiger partial charge in [0.1, 0.15) is 11.4 Å². The zero-order chi connectivity index (χ0) is 14.0. The lowest BCUT2D eigenvalue weighted by Crippen LogP contribution is -1.98. The van der Waals surface area contributed by atoms with Crippen molar-refractivity contribution >= 4 is 16.6 Å². The fraction of sp³-hybridized carbons (Fsp3) is 0.250. The van der Waals surface area contributed by atoms with Crippen molar-refractivity contribution in [1.29, 1.82) is 0 Å². The number of benzene rings is 1. The molecule has 0 fully saturated rings. The van der Waals surface area contributed by atoms with E-state index in [1.165, 1.54) is 6.92 Å². The number of aryl methyl sites for hydroxylation is 1. The Morgan fingerprint density at radius 1 is 1.37 bits per heavy atom. The van der Waals surface area contributed by atoms with Crippen LogP contribution >= 0.6 is 0 Å². The van der Waals surface area contributed by atoms with Crippen LogP contribution in [0.3, 0.4) is 0 Å². The molecule has 0 unspecified atom stereocenters. The molecule has 2 aromatic rings. The van der Waals surface area contributed by atoms with E-state index in [-0.39, 0.29) is 11.5 Å². The minimum Gasteiger partial charge on any atom is -0.508 e. The van der Waals surface area contributed by atoms with Crippen molar-refractivity contribution in [3.05, 3.63) is 47.8 Å². The van der Waals surface area contributed by atoms with Gasteiger partial charge in [0.15, 0.2) is 5.78 Å². The summed E-state index contributed by atoms with van der Waals surface area (Å²) in [6, 6.07) is 5.35. The van der Waals surface area contributed by atoms with Crippen molar-refractivity contribution in [2.75, 3.05) is 0 Å². The van der Waals surface area contributed by atoms with E-state index in [0.717, 1.165) is 28.3 Å². The fourth-order valence-electron chi connectivity index (χ4n) is 2.08. The highest BCUT2D eigenvalue weighted by Crippen LogP contribution is 2.28. The molecule has 2 rings (SSSR count). The number of fused-ring (bicyclic) bond motifs is 1. The summed E-state index contributed by atoms with van der Waals surface area (Å²) in [6.45, 7) is 7.32. The molecule has 3 heteroatoms. The molecule has 0 amide bonds. The van der Waals surface area contributed by atoms with E-state index in [1.54, 1.807) is 18.3 Å². The zero-order valence-electron chi connectivity index (χ0n) is 11.2. The van der Waals surface area contributed by atoms with Gasteiger partial charge in [0.2, 0.25) is 0 Å². The van der Waals surface area contributed by atoms with E-state index in [1.807, 2.05) is 13.0 Å². The van der Waals surface area contributed by atoms with Crippen molar-refractivity contribution in [1.82, 2.24) is 4.98 Å². The number of aromatic hydroxyl groups is 1. The number of carbonyl (C=O) groups excluding carboxylic acids is 1. The number of nitrogens with zero attached hydrogens (tertiary/aromatic N) is 1. The number of phenolic OH excluding ortho intramolecular Hbond substituents is 1. The van der Waals surface area contributed by atoms with Gasteiger partial charge in [-0.3, -0.25) is 9.78 Å². The summed E-state index contributed by atoms with van der Waals surface area (Å²) in [5, 5.41) is 11.6. The molecule has 0 spiro atoms. The van der Waals surface area contributed by atoms with Gasteiger partial charge in [-0.2, -0.15) is 0 Å². The minimum absolute atomic E-state index is 0.0675. The SMILES string of the molecule is C=C(C)CCc1cc2c(C(C)=O)nccc2cc1O. The Balaban J connectivity index is 2.55. The van der Waals surface area contributed by atoms with E-state index >= 15 is 0 Å². The van der Waals surface area contributed by atoms with Gasteiger partial charge in [-0.1, -0.05) is 5.57 Å². The van der Waals surface area contributed by atoms with Crippen LogP contribution in [-0.4, -0.2) is 15.9 Å². The first-order valence-electron chi connectivity index (χ1n) is 6.25. The lowest BCUT2D eigenvalue weighted by molar-refractivity contribution is 0.101. The number of rotatable bonds is 4. The molecule has 0 saturated carbocycles. The van der Waals surface area contributed by atoms with Crippen LogP contribution < -0.4 is 0 Å². The van der Waals surface area contributed by atoms with Crippen molar-refractivity contribution < 1.29 is 9.90 Å². The summed E-state index contributed by atoms with van der Waals surface area (Å²) >= 11 is 0. The monoisotopic (exact) mass is 255 g/mol. The maximum atomic E-state index is 11.6. The van der Waals surface area contributed by atoms with Gasteiger partial charge in [0, 0.05) is 18.5 Å². The van der Waals surface area contributed by atoms with Crippen LogP contribution in [0, 0.1) is 0 Å². The molecule has 0 aliphatic rings. The first kappa shape index (κ1) is 13.3. The molecule has 0 aliphatic heterocycles. The maximum absolute atomic E-state index is 11.6. The Bertz CT molecular complexity index is 659. The van der Waals surface area contributed by atoms with Crippen LogP contribution in [0.5, 0.6) is 5.75 Å². The second kappa shape index (κ2) is 5.22. The Kier molecular flexibility index (Phi) is 3.65. The summed E-state index contributed by atoms with van der Waals surface area (Å²) in [4.78, 5) is 15.7. The summed E-state index contributed by atoms with van der Waals surface area (Å²) in [6.07, 6.45) is 3.12. The average Bonchev–Trinajstić information content (AvgIpc) is 2.35. The van der Waals surface area contributed by atoms with Crippen LogP contribution in [0.4, 0.5) is 0 Å². The number of ketones is 1. The van der Waals surface area contributed by atoms with Gasteiger partial charge in [0.05, 0.1) is 0 Å². The van der Waals surface area contributed by atoms with Crippen LogP contribution in [0.15, 0.2) is 36.5 Å². The molecule has 1 N–H and O–H groups in total. The molecule has 0 atom stereocenters. The molecule has 1 aromatic heterocycles. The lowest BCUT2D eigenvalue weighted by atomic mass is 9.99. The maximum Gasteiger partial charge on any atom is 0.178 e. The molecule has 1 heterocycles. The van der Waals surface area contributed by atoms with Crippen molar-refractivity contribution in [2.24, 2.45) is 0 Å². The third kappa shape index (κ3) is 2.81. The Morgan fingerprint density at radius 2 is 2.11 bits per heavy atom. The number of allylic oxidation sites excluding steroid dienone is 1. The van der Waals surface area contributed by atoms with E-state index < -0.39 is 0 Å². The van der Waals surface area contributed by atoms with E-state index in [4.69, 9.17) is 0 Å². The third-order valence-electron chi connectivity index (χ3n) is 3.12. The van der Waals surface area contributed by atoms with Gasteiger partial charge < -0.3 is 5.11 Å². The molecule has 1 aromatic carbocycles. The second-order valence-corrected chi connectivity index (χ2v) is 4.87. The molecular weight excluding hydrogens is 238 g/mol. The molecule has 98 valence electrons. The van der Waals surface area contributed by atoms with Gasteiger partial charge in [0.25, 0.3) is 0 Å². The highest BCUT2D eigenvalue weighted by molar-refractivity contribution is 6.05. The Hall–Kier alpha value is -2.16. The van der Waals surface area contributed by atoms with E-state index in [2.05, 4.69) is 11.6 Å². The van der Waals surface area contributed by atoms with E-state index in [0.29, 0.717) is 12.1 Å². The summed E-state index contributed by atoms with van der Waals surface area (Å²) in [5.74, 6) is 0.191. The average molecular weight is 255 g/mol. The minimum atomic E-state index is -0.0675.